The SMILES string of the molecule is O=C1C=C(n2cc(-c3ccc(CC(=O)NCc4ccccc4)cc3)cn2)S(=O)N1. The van der Waals surface area contributed by atoms with Gasteiger partial charge in [-0.1, -0.05) is 54.6 Å². The van der Waals surface area contributed by atoms with Gasteiger partial charge in [-0.05, 0) is 16.7 Å². The molecule has 0 saturated heterocycles. The Labute approximate surface area is 170 Å². The van der Waals surface area contributed by atoms with Crippen molar-refractivity contribution in [3.05, 3.63) is 84.2 Å². The van der Waals surface area contributed by atoms with E-state index in [1.54, 1.807) is 12.4 Å². The summed E-state index contributed by atoms with van der Waals surface area (Å²) in [4.78, 5) is 23.5. The third-order valence-electron chi connectivity index (χ3n) is 4.43. The van der Waals surface area contributed by atoms with E-state index in [-0.39, 0.29) is 5.91 Å². The van der Waals surface area contributed by atoms with Crippen molar-refractivity contribution in [1.82, 2.24) is 19.8 Å². The van der Waals surface area contributed by atoms with Crippen LogP contribution < -0.4 is 10.0 Å². The van der Waals surface area contributed by atoms with Crippen LogP contribution in [0.4, 0.5) is 0 Å². The van der Waals surface area contributed by atoms with E-state index in [0.29, 0.717) is 18.0 Å². The van der Waals surface area contributed by atoms with E-state index in [2.05, 4.69) is 15.1 Å². The van der Waals surface area contributed by atoms with Crippen molar-refractivity contribution in [2.75, 3.05) is 0 Å². The molecule has 0 saturated carbocycles. The minimum atomic E-state index is -1.59. The molecule has 2 N–H and O–H groups in total. The molecule has 1 aromatic heterocycles. The van der Waals surface area contributed by atoms with Crippen LogP contribution in [0.2, 0.25) is 0 Å². The van der Waals surface area contributed by atoms with E-state index in [9.17, 15) is 13.8 Å². The molecule has 3 aromatic rings. The number of amides is 2. The summed E-state index contributed by atoms with van der Waals surface area (Å²) in [6, 6.07) is 17.4. The molecule has 2 heterocycles. The Morgan fingerprint density at radius 2 is 1.79 bits per heavy atom. The van der Waals surface area contributed by atoms with Crippen LogP contribution in [0.5, 0.6) is 0 Å². The van der Waals surface area contributed by atoms with Crippen LogP contribution in [0.3, 0.4) is 0 Å². The molecular formula is C21H18N4O3S. The first-order valence-corrected chi connectivity index (χ1v) is 10.1. The van der Waals surface area contributed by atoms with Gasteiger partial charge in [0.15, 0.2) is 16.0 Å². The number of hydrogen-bond donors (Lipinski definition) is 2. The number of carbonyl (C=O) groups excluding carboxylic acids is 2. The normalized spacial score (nSPS) is 15.7. The van der Waals surface area contributed by atoms with Gasteiger partial charge in [0.05, 0.1) is 12.6 Å². The van der Waals surface area contributed by atoms with Crippen LogP contribution in [0.15, 0.2) is 73.1 Å². The van der Waals surface area contributed by atoms with Crippen molar-refractivity contribution >= 4 is 27.8 Å². The van der Waals surface area contributed by atoms with Crippen molar-refractivity contribution < 1.29 is 13.8 Å². The molecule has 0 radical (unpaired) electrons. The zero-order chi connectivity index (χ0) is 20.2. The lowest BCUT2D eigenvalue weighted by atomic mass is 10.1. The van der Waals surface area contributed by atoms with E-state index in [4.69, 9.17) is 0 Å². The fraction of sp³-hybridized carbons (Fsp3) is 0.0952. The number of aromatic nitrogens is 2. The first kappa shape index (κ1) is 18.8. The van der Waals surface area contributed by atoms with Gasteiger partial charge in [-0.25, -0.2) is 8.89 Å². The molecule has 8 heteroatoms. The number of benzene rings is 2. The maximum Gasteiger partial charge on any atom is 0.258 e. The predicted octanol–water partition coefficient (Wildman–Crippen LogP) is 2.00. The molecule has 7 nitrogen and oxygen atoms in total. The van der Waals surface area contributed by atoms with Gasteiger partial charge in [0.2, 0.25) is 5.91 Å². The summed E-state index contributed by atoms with van der Waals surface area (Å²) < 4.78 is 15.6. The second-order valence-corrected chi connectivity index (χ2v) is 7.69. The monoisotopic (exact) mass is 406 g/mol. The van der Waals surface area contributed by atoms with E-state index >= 15 is 0 Å². The first-order valence-electron chi connectivity index (χ1n) is 8.97. The third kappa shape index (κ3) is 4.49. The molecule has 2 aromatic carbocycles. The van der Waals surface area contributed by atoms with Gasteiger partial charge in [0, 0.05) is 24.4 Å². The highest BCUT2D eigenvalue weighted by Crippen LogP contribution is 2.22. The fourth-order valence-electron chi connectivity index (χ4n) is 2.94. The minimum Gasteiger partial charge on any atom is -0.352 e. The topological polar surface area (TPSA) is 93.1 Å². The molecule has 29 heavy (non-hydrogen) atoms. The number of nitrogens with zero attached hydrogens (tertiary/aromatic N) is 2. The molecular weight excluding hydrogens is 388 g/mol. The zero-order valence-electron chi connectivity index (χ0n) is 15.4. The highest BCUT2D eigenvalue weighted by atomic mass is 32.2. The highest BCUT2D eigenvalue weighted by Gasteiger charge is 2.22. The minimum absolute atomic E-state index is 0.0396. The largest absolute Gasteiger partial charge is 0.352 e. The molecule has 0 spiro atoms. The van der Waals surface area contributed by atoms with Crippen molar-refractivity contribution in [1.29, 1.82) is 0 Å². The van der Waals surface area contributed by atoms with Crippen LogP contribution in [0, 0.1) is 0 Å². The zero-order valence-corrected chi connectivity index (χ0v) is 16.2. The summed E-state index contributed by atoms with van der Waals surface area (Å²) in [5.74, 6) is -0.437. The lowest BCUT2D eigenvalue weighted by Gasteiger charge is -2.06. The van der Waals surface area contributed by atoms with Gasteiger partial charge >= 0.3 is 0 Å². The lowest BCUT2D eigenvalue weighted by Crippen LogP contribution is -2.24. The Morgan fingerprint density at radius 1 is 1.03 bits per heavy atom. The highest BCUT2D eigenvalue weighted by molar-refractivity contribution is 7.93. The van der Waals surface area contributed by atoms with E-state index in [1.165, 1.54) is 10.8 Å². The summed E-state index contributed by atoms with van der Waals surface area (Å²) in [5, 5.41) is 7.40. The Balaban J connectivity index is 1.38. The van der Waals surface area contributed by atoms with Crippen molar-refractivity contribution in [3.8, 4) is 11.1 Å². The number of rotatable bonds is 6. The summed E-state index contributed by atoms with van der Waals surface area (Å²) in [6.45, 7) is 0.505. The van der Waals surface area contributed by atoms with Gasteiger partial charge in [-0.2, -0.15) is 5.10 Å². The fourth-order valence-corrected chi connectivity index (χ4v) is 3.77. The Hall–Kier alpha value is -3.52. The Morgan fingerprint density at radius 3 is 2.48 bits per heavy atom. The quantitative estimate of drug-likeness (QED) is 0.655. The van der Waals surface area contributed by atoms with Gasteiger partial charge in [0.25, 0.3) is 5.91 Å². The van der Waals surface area contributed by atoms with Gasteiger partial charge in [0.1, 0.15) is 0 Å². The molecule has 4 rings (SSSR count). The van der Waals surface area contributed by atoms with Crippen LogP contribution in [0.25, 0.3) is 16.2 Å². The van der Waals surface area contributed by atoms with Gasteiger partial charge in [-0.15, -0.1) is 0 Å². The average Bonchev–Trinajstić information content (AvgIpc) is 3.34. The van der Waals surface area contributed by atoms with Crippen LogP contribution in [-0.4, -0.2) is 25.8 Å². The molecule has 1 unspecified atom stereocenters. The predicted molar refractivity (Wildman–Crippen MR) is 110 cm³/mol. The lowest BCUT2D eigenvalue weighted by molar-refractivity contribution is -0.120. The molecule has 2 amide bonds. The second-order valence-electron chi connectivity index (χ2n) is 6.53. The van der Waals surface area contributed by atoms with Crippen molar-refractivity contribution in [2.45, 2.75) is 13.0 Å². The molecule has 0 fully saturated rings. The summed E-state index contributed by atoms with van der Waals surface area (Å²) in [6.07, 6.45) is 4.92. The van der Waals surface area contributed by atoms with Gasteiger partial charge < -0.3 is 5.32 Å². The molecule has 0 bridgehead atoms. The summed E-state index contributed by atoms with van der Waals surface area (Å²) in [5.41, 5.74) is 3.69. The van der Waals surface area contributed by atoms with Crippen molar-refractivity contribution in [3.63, 3.8) is 0 Å². The van der Waals surface area contributed by atoms with Crippen LogP contribution >= 0.6 is 0 Å². The van der Waals surface area contributed by atoms with Crippen molar-refractivity contribution in [2.24, 2.45) is 0 Å². The Kier molecular flexibility index (Phi) is 5.35. The molecule has 1 aliphatic heterocycles. The van der Waals surface area contributed by atoms with Crippen LogP contribution in [0.1, 0.15) is 11.1 Å². The Bertz CT molecular complexity index is 1100. The molecule has 146 valence electrons. The average molecular weight is 406 g/mol. The first-order chi connectivity index (χ1) is 14.1. The summed E-state index contributed by atoms with van der Waals surface area (Å²) >= 11 is 0. The number of nitrogens with one attached hydrogen (secondary N) is 2. The van der Waals surface area contributed by atoms with Crippen LogP contribution in [-0.2, 0) is 33.5 Å². The number of hydrogen-bond acceptors (Lipinski definition) is 4. The molecule has 1 aliphatic rings. The maximum atomic E-state index is 12.2. The summed E-state index contributed by atoms with van der Waals surface area (Å²) in [7, 11) is -1.59. The molecule has 0 aliphatic carbocycles. The van der Waals surface area contributed by atoms with E-state index in [1.807, 2.05) is 54.6 Å². The van der Waals surface area contributed by atoms with Gasteiger partial charge in [-0.3, -0.25) is 14.3 Å². The second kappa shape index (κ2) is 8.24. The number of carbonyl (C=O) groups is 2. The van der Waals surface area contributed by atoms with E-state index < -0.39 is 16.9 Å². The van der Waals surface area contributed by atoms with E-state index in [0.717, 1.165) is 22.3 Å². The standard InChI is InChI=1S/C21H18N4O3S/c26-19(22-12-16-4-2-1-3-5-16)10-15-6-8-17(9-7-15)18-13-23-25(14-18)21-11-20(27)24-29(21)28/h1-9,11,13-14H,10,12H2,(H,22,26)(H,24,27). The molecule has 1 atom stereocenters. The maximum absolute atomic E-state index is 12.2. The smallest absolute Gasteiger partial charge is 0.258 e. The third-order valence-corrected chi connectivity index (χ3v) is 5.50.